The number of carbonyl (C=O) groups excluding carboxylic acids is 6. The zero-order valence-corrected chi connectivity index (χ0v) is 33.1. The van der Waals surface area contributed by atoms with E-state index in [1.54, 1.807) is 24.3 Å². The molecule has 2 aromatic rings. The predicted molar refractivity (Wildman–Crippen MR) is 214 cm³/mol. The van der Waals surface area contributed by atoms with Crippen LogP contribution in [0.15, 0.2) is 54.6 Å². The van der Waals surface area contributed by atoms with Gasteiger partial charge in [0, 0.05) is 47.8 Å². The number of piperidine rings is 1. The fraction of sp³-hybridized carbons (Fsp3) is 0.556. The van der Waals surface area contributed by atoms with E-state index < -0.39 is 29.7 Å². The average Bonchev–Trinajstić information content (AvgIpc) is 3.67. The Balaban J connectivity index is 0.753. The monoisotopic (exact) mass is 777 g/mol. The lowest BCUT2D eigenvalue weighted by Gasteiger charge is -2.58. The molecular weight excluding hydrogens is 723 g/mol. The molecule has 12 nitrogen and oxygen atoms in total. The number of fused-ring (bicyclic) bond motifs is 6. The van der Waals surface area contributed by atoms with Crippen LogP contribution in [-0.2, 0) is 19.2 Å². The number of imide groups is 2. The number of nitrogens with one attached hydrogen (secondary N) is 4. The van der Waals surface area contributed by atoms with Crippen LogP contribution in [0.2, 0.25) is 0 Å². The van der Waals surface area contributed by atoms with Crippen LogP contribution in [0.1, 0.15) is 118 Å². The Morgan fingerprint density at radius 3 is 2.53 bits per heavy atom. The minimum atomic E-state index is -0.987. The molecule has 0 radical (unpaired) electrons. The van der Waals surface area contributed by atoms with Crippen molar-refractivity contribution in [3.8, 4) is 5.75 Å². The molecule has 4 N–H and O–H groups in total. The Hall–Kier alpha value is -5.00. The quantitative estimate of drug-likeness (QED) is 0.135. The first-order valence-electron chi connectivity index (χ1n) is 21.1. The van der Waals surface area contributed by atoms with Crippen molar-refractivity contribution in [2.45, 2.75) is 109 Å². The summed E-state index contributed by atoms with van der Waals surface area (Å²) in [6.07, 6.45) is 15.1. The van der Waals surface area contributed by atoms with E-state index in [1.165, 1.54) is 0 Å². The molecule has 2 aromatic carbocycles. The van der Waals surface area contributed by atoms with E-state index in [0.717, 1.165) is 87.0 Å². The number of hydrogen-bond donors (Lipinski definition) is 4. The normalized spacial score (nSPS) is 31.5. The molecule has 6 aliphatic rings. The standard InChI is InChI=1S/C45H55N5O7/c1-44-22-20-32-29(14-18-36-45(32,2)23-21-38(52)48-36)31(44)15-16-33(44)40(53)47-27-10-8-11-28(26-27)57-25-7-5-3-4-6-24-46-34-13-9-12-30-39(34)43(56)50(42(30)55)35-17-19-37(51)49-41(35)54/h8-13,21,23,26,29,31-33,35-36,46H,3-7,14-20,22,24-25H2,1-2H3,(H,47,53)(H,48,52)(H,49,51,54)/t29-,31-,32-,33+,35?,36+,44-,45+/m0/s1. The highest BCUT2D eigenvalue weighted by Crippen LogP contribution is 2.65. The van der Waals surface area contributed by atoms with Crippen molar-refractivity contribution in [3.63, 3.8) is 0 Å². The second-order valence-corrected chi connectivity index (χ2v) is 17.6. The fourth-order valence-corrected chi connectivity index (χ4v) is 11.5. The predicted octanol–water partition coefficient (Wildman–Crippen LogP) is 6.38. The lowest BCUT2D eigenvalue weighted by atomic mass is 9.48. The van der Waals surface area contributed by atoms with E-state index in [2.05, 4.69) is 41.2 Å². The molecule has 0 spiro atoms. The largest absolute Gasteiger partial charge is 0.494 e. The molecule has 4 fully saturated rings. The van der Waals surface area contributed by atoms with Gasteiger partial charge in [-0.3, -0.25) is 39.0 Å². The van der Waals surface area contributed by atoms with Gasteiger partial charge in [-0.05, 0) is 111 Å². The first kappa shape index (κ1) is 38.9. The maximum absolute atomic E-state index is 13.9. The first-order valence-corrected chi connectivity index (χ1v) is 21.1. The Kier molecular flexibility index (Phi) is 10.7. The van der Waals surface area contributed by atoms with Crippen LogP contribution in [0, 0.1) is 34.5 Å². The van der Waals surface area contributed by atoms with Crippen molar-refractivity contribution in [1.82, 2.24) is 15.5 Å². The Morgan fingerprint density at radius 1 is 0.877 bits per heavy atom. The molecule has 0 aromatic heterocycles. The molecule has 6 amide bonds. The van der Waals surface area contributed by atoms with Gasteiger partial charge in [0.1, 0.15) is 11.8 Å². The number of anilines is 2. The highest BCUT2D eigenvalue weighted by molar-refractivity contribution is 6.25. The number of hydrogen-bond acceptors (Lipinski definition) is 8. The molecule has 3 saturated carbocycles. The molecule has 1 saturated heterocycles. The lowest BCUT2D eigenvalue weighted by molar-refractivity contribution is -0.136. The maximum atomic E-state index is 13.9. The Morgan fingerprint density at radius 2 is 1.68 bits per heavy atom. The van der Waals surface area contributed by atoms with Gasteiger partial charge in [0.2, 0.25) is 23.6 Å². The maximum Gasteiger partial charge on any atom is 0.264 e. The second kappa shape index (κ2) is 15.7. The summed E-state index contributed by atoms with van der Waals surface area (Å²) in [4.78, 5) is 77.4. The molecule has 3 heterocycles. The van der Waals surface area contributed by atoms with E-state index >= 15 is 0 Å². The van der Waals surface area contributed by atoms with Crippen LogP contribution in [0.4, 0.5) is 11.4 Å². The van der Waals surface area contributed by atoms with E-state index in [0.29, 0.717) is 36.6 Å². The molecule has 8 atom stereocenters. The molecule has 12 heteroatoms. The molecule has 1 unspecified atom stereocenters. The van der Waals surface area contributed by atoms with Crippen molar-refractivity contribution in [2.75, 3.05) is 23.8 Å². The van der Waals surface area contributed by atoms with Gasteiger partial charge in [-0.1, -0.05) is 51.3 Å². The third-order valence-corrected chi connectivity index (χ3v) is 14.5. The third kappa shape index (κ3) is 7.25. The van der Waals surface area contributed by atoms with Crippen LogP contribution >= 0.6 is 0 Å². The van der Waals surface area contributed by atoms with Gasteiger partial charge in [-0.2, -0.15) is 0 Å². The second-order valence-electron chi connectivity index (χ2n) is 17.6. The smallest absolute Gasteiger partial charge is 0.264 e. The van der Waals surface area contributed by atoms with Crippen LogP contribution in [0.5, 0.6) is 5.75 Å². The van der Waals surface area contributed by atoms with Gasteiger partial charge in [-0.25, -0.2) is 0 Å². The average molecular weight is 778 g/mol. The zero-order chi connectivity index (χ0) is 39.9. The van der Waals surface area contributed by atoms with Gasteiger partial charge in [-0.15, -0.1) is 0 Å². The van der Waals surface area contributed by atoms with E-state index in [4.69, 9.17) is 4.74 Å². The lowest BCUT2D eigenvalue weighted by Crippen LogP contribution is -2.59. The van der Waals surface area contributed by atoms with Gasteiger partial charge < -0.3 is 20.7 Å². The minimum absolute atomic E-state index is 0.0124. The van der Waals surface area contributed by atoms with Crippen LogP contribution < -0.4 is 26.0 Å². The summed E-state index contributed by atoms with van der Waals surface area (Å²) < 4.78 is 6.09. The summed E-state index contributed by atoms with van der Waals surface area (Å²) in [5, 5.41) is 12.0. The molecule has 0 bridgehead atoms. The molecule has 302 valence electrons. The summed E-state index contributed by atoms with van der Waals surface area (Å²) in [6, 6.07) is 12.0. The molecule has 3 aliphatic heterocycles. The Bertz CT molecular complexity index is 2000. The summed E-state index contributed by atoms with van der Waals surface area (Å²) >= 11 is 0. The van der Waals surface area contributed by atoms with E-state index in [1.807, 2.05) is 24.3 Å². The number of carbonyl (C=O) groups is 6. The number of ether oxygens (including phenoxy) is 1. The van der Waals surface area contributed by atoms with Crippen molar-refractivity contribution < 1.29 is 33.5 Å². The SMILES string of the molecule is C[C@]12C=CC(=O)N[C@@H]1CC[C@@H]1[C@@H]2CC[C@]2(C)[C@@H](C(=O)Nc3cccc(OCCCCCCCNc4cccc5c4C(=O)N(C4CCC(=O)NC4=O)C5=O)c3)CC[C@@H]12. The molecule has 3 aliphatic carbocycles. The highest BCUT2D eigenvalue weighted by atomic mass is 16.5. The van der Waals surface area contributed by atoms with Crippen molar-refractivity contribution in [1.29, 1.82) is 0 Å². The zero-order valence-electron chi connectivity index (χ0n) is 33.1. The summed E-state index contributed by atoms with van der Waals surface area (Å²) in [7, 11) is 0. The van der Waals surface area contributed by atoms with Crippen LogP contribution in [0.25, 0.3) is 0 Å². The van der Waals surface area contributed by atoms with Crippen LogP contribution in [-0.4, -0.2) is 65.6 Å². The van der Waals surface area contributed by atoms with Gasteiger partial charge >= 0.3 is 0 Å². The van der Waals surface area contributed by atoms with Gasteiger partial charge in [0.05, 0.1) is 17.7 Å². The fourth-order valence-electron chi connectivity index (χ4n) is 11.5. The third-order valence-electron chi connectivity index (χ3n) is 14.5. The minimum Gasteiger partial charge on any atom is -0.494 e. The number of amides is 6. The topological polar surface area (TPSA) is 163 Å². The molecule has 8 rings (SSSR count). The van der Waals surface area contributed by atoms with Crippen molar-refractivity contribution in [2.24, 2.45) is 34.5 Å². The summed E-state index contributed by atoms with van der Waals surface area (Å²) in [5.41, 5.74) is 1.85. The molecular formula is C45H55N5O7. The van der Waals surface area contributed by atoms with E-state index in [-0.39, 0.29) is 58.6 Å². The van der Waals surface area contributed by atoms with Gasteiger partial charge in [0.25, 0.3) is 11.8 Å². The highest BCUT2D eigenvalue weighted by Gasteiger charge is 2.61. The van der Waals surface area contributed by atoms with E-state index in [9.17, 15) is 28.8 Å². The Labute approximate surface area is 334 Å². The summed E-state index contributed by atoms with van der Waals surface area (Å²) in [6.45, 7) is 5.90. The number of rotatable bonds is 13. The van der Waals surface area contributed by atoms with Crippen molar-refractivity contribution >= 4 is 46.8 Å². The van der Waals surface area contributed by atoms with Gasteiger partial charge in [0.15, 0.2) is 0 Å². The van der Waals surface area contributed by atoms with Crippen molar-refractivity contribution in [3.05, 3.63) is 65.7 Å². The number of unbranched alkanes of at least 4 members (excludes halogenated alkanes) is 4. The first-order chi connectivity index (χ1) is 27.5. The summed E-state index contributed by atoms with van der Waals surface area (Å²) in [5.74, 6) is 0.447. The number of nitrogens with zero attached hydrogens (tertiary/aromatic N) is 1. The number of benzene rings is 2. The molecule has 57 heavy (non-hydrogen) atoms. The van der Waals surface area contributed by atoms with Crippen LogP contribution in [0.3, 0.4) is 0 Å².